The highest BCUT2D eigenvalue weighted by Gasteiger charge is 2.31. The van der Waals surface area contributed by atoms with Crippen molar-refractivity contribution in [2.45, 2.75) is 58.6 Å². The van der Waals surface area contributed by atoms with E-state index in [0.29, 0.717) is 0 Å². The maximum Gasteiger partial charge on any atom is 0.185 e. The van der Waals surface area contributed by atoms with Crippen LogP contribution in [0.2, 0.25) is 0 Å². The van der Waals surface area contributed by atoms with E-state index in [2.05, 4.69) is 104 Å². The standard InChI is InChI=1S/C27H38N4S2/c1-17-11-19(3)23(30(7)8)21(13-17)15-32-25-27(5,6)29-26(28-25)33-16-22-14-18(2)12-20(4)24(22)31(9)10/h11-14H,15-16H2,1-10H3. The van der Waals surface area contributed by atoms with Crippen molar-refractivity contribution in [1.29, 1.82) is 0 Å². The van der Waals surface area contributed by atoms with Gasteiger partial charge in [0.15, 0.2) is 5.17 Å². The molecule has 0 atom stereocenters. The van der Waals surface area contributed by atoms with Gasteiger partial charge in [0.25, 0.3) is 0 Å². The van der Waals surface area contributed by atoms with Gasteiger partial charge in [-0.05, 0) is 63.8 Å². The average Bonchev–Trinajstić information content (AvgIpc) is 2.96. The lowest BCUT2D eigenvalue weighted by Gasteiger charge is -2.22. The zero-order chi connectivity index (χ0) is 24.5. The number of hydrogen-bond acceptors (Lipinski definition) is 6. The molecule has 0 saturated carbocycles. The molecule has 3 rings (SSSR count). The van der Waals surface area contributed by atoms with E-state index in [4.69, 9.17) is 9.98 Å². The molecule has 1 heterocycles. The molecule has 4 nitrogen and oxygen atoms in total. The molecule has 2 aromatic rings. The van der Waals surface area contributed by atoms with Gasteiger partial charge in [-0.2, -0.15) is 0 Å². The summed E-state index contributed by atoms with van der Waals surface area (Å²) in [5.74, 6) is 1.77. The van der Waals surface area contributed by atoms with Crippen LogP contribution in [0.4, 0.5) is 11.4 Å². The molecular weight excluding hydrogens is 444 g/mol. The van der Waals surface area contributed by atoms with E-state index < -0.39 is 0 Å². The minimum absolute atomic E-state index is 0.281. The lowest BCUT2D eigenvalue weighted by atomic mass is 10.0. The van der Waals surface area contributed by atoms with E-state index in [1.165, 1.54) is 44.8 Å². The summed E-state index contributed by atoms with van der Waals surface area (Å²) in [4.78, 5) is 14.4. The summed E-state index contributed by atoms with van der Waals surface area (Å²) < 4.78 is 0. The topological polar surface area (TPSA) is 31.2 Å². The maximum absolute atomic E-state index is 4.98. The summed E-state index contributed by atoms with van der Waals surface area (Å²) in [5, 5.41) is 1.99. The summed E-state index contributed by atoms with van der Waals surface area (Å²) in [6, 6.07) is 9.10. The van der Waals surface area contributed by atoms with Crippen LogP contribution >= 0.6 is 23.5 Å². The fourth-order valence-corrected chi connectivity index (χ4v) is 6.77. The van der Waals surface area contributed by atoms with Gasteiger partial charge in [-0.1, -0.05) is 47.2 Å². The molecule has 0 fully saturated rings. The van der Waals surface area contributed by atoms with E-state index in [9.17, 15) is 0 Å². The van der Waals surface area contributed by atoms with Gasteiger partial charge in [0.2, 0.25) is 0 Å². The Labute approximate surface area is 209 Å². The Bertz CT molecular complexity index is 1100. The van der Waals surface area contributed by atoms with Crippen molar-refractivity contribution in [1.82, 2.24) is 0 Å². The molecule has 0 N–H and O–H groups in total. The normalized spacial score (nSPS) is 14.8. The van der Waals surface area contributed by atoms with Gasteiger partial charge in [-0.25, -0.2) is 9.98 Å². The number of hydrogen-bond donors (Lipinski definition) is 0. The molecule has 0 spiro atoms. The fourth-order valence-electron chi connectivity index (χ4n) is 4.69. The van der Waals surface area contributed by atoms with Crippen molar-refractivity contribution in [3.8, 4) is 0 Å². The maximum atomic E-state index is 4.98. The lowest BCUT2D eigenvalue weighted by molar-refractivity contribution is 0.728. The summed E-state index contributed by atoms with van der Waals surface area (Å²) in [5.41, 5.74) is 10.3. The second-order valence-corrected chi connectivity index (χ2v) is 11.8. The molecule has 0 bridgehead atoms. The molecule has 0 amide bonds. The summed E-state index contributed by atoms with van der Waals surface area (Å²) in [6.07, 6.45) is 0. The Morgan fingerprint density at radius 2 is 1.18 bits per heavy atom. The predicted molar refractivity (Wildman–Crippen MR) is 152 cm³/mol. The van der Waals surface area contributed by atoms with Crippen LogP contribution in [0.5, 0.6) is 0 Å². The Morgan fingerprint density at radius 1 is 0.727 bits per heavy atom. The van der Waals surface area contributed by atoms with Crippen molar-refractivity contribution < 1.29 is 0 Å². The zero-order valence-electron chi connectivity index (χ0n) is 21.8. The number of anilines is 2. The second kappa shape index (κ2) is 10.1. The number of nitrogens with zero attached hydrogens (tertiary/aromatic N) is 4. The summed E-state index contributed by atoms with van der Waals surface area (Å²) >= 11 is 3.56. The molecule has 33 heavy (non-hydrogen) atoms. The number of amidine groups is 1. The lowest BCUT2D eigenvalue weighted by Crippen LogP contribution is -2.23. The third-order valence-electron chi connectivity index (χ3n) is 5.76. The van der Waals surface area contributed by atoms with Crippen molar-refractivity contribution >= 4 is 45.1 Å². The molecule has 2 aromatic carbocycles. The third-order valence-corrected chi connectivity index (χ3v) is 7.97. The van der Waals surface area contributed by atoms with Gasteiger partial charge in [0.05, 0.1) is 0 Å². The van der Waals surface area contributed by atoms with Gasteiger partial charge in [-0.15, -0.1) is 11.8 Å². The minimum atomic E-state index is -0.281. The fraction of sp³-hybridized carbons (Fsp3) is 0.481. The van der Waals surface area contributed by atoms with E-state index in [1.54, 1.807) is 11.8 Å². The van der Waals surface area contributed by atoms with Crippen LogP contribution in [0.25, 0.3) is 0 Å². The Morgan fingerprint density at radius 3 is 1.64 bits per heavy atom. The first-order valence-electron chi connectivity index (χ1n) is 11.4. The van der Waals surface area contributed by atoms with Crippen LogP contribution in [0.3, 0.4) is 0 Å². The van der Waals surface area contributed by atoms with E-state index >= 15 is 0 Å². The smallest absolute Gasteiger partial charge is 0.185 e. The van der Waals surface area contributed by atoms with Crippen molar-refractivity contribution in [2.24, 2.45) is 9.98 Å². The largest absolute Gasteiger partial charge is 0.377 e. The summed E-state index contributed by atoms with van der Waals surface area (Å²) in [6.45, 7) is 13.1. The van der Waals surface area contributed by atoms with Gasteiger partial charge >= 0.3 is 0 Å². The third kappa shape index (κ3) is 5.96. The molecular formula is C27H38N4S2. The van der Waals surface area contributed by atoms with Gasteiger partial charge in [0, 0.05) is 51.1 Å². The molecule has 178 valence electrons. The quantitative estimate of drug-likeness (QED) is 0.455. The van der Waals surface area contributed by atoms with Crippen LogP contribution in [-0.4, -0.2) is 43.9 Å². The number of aliphatic imine (C=N–C) groups is 2. The first-order chi connectivity index (χ1) is 15.4. The Hall–Kier alpha value is -1.92. The van der Waals surface area contributed by atoms with Crippen LogP contribution in [-0.2, 0) is 11.5 Å². The number of thioether (sulfide) groups is 2. The first-order valence-corrected chi connectivity index (χ1v) is 13.4. The SMILES string of the molecule is Cc1cc(C)c(N(C)C)c(CSC2=NC(C)(C)C(SCc3cc(C)cc(C)c3N(C)C)=N2)c1. The van der Waals surface area contributed by atoms with Crippen LogP contribution < -0.4 is 9.80 Å². The molecule has 0 aromatic heterocycles. The Balaban J connectivity index is 1.77. The number of aryl methyl sites for hydroxylation is 4. The minimum Gasteiger partial charge on any atom is -0.377 e. The molecule has 1 aliphatic heterocycles. The summed E-state index contributed by atoms with van der Waals surface area (Å²) in [7, 11) is 8.47. The van der Waals surface area contributed by atoms with Gasteiger partial charge < -0.3 is 9.80 Å². The van der Waals surface area contributed by atoms with Crippen molar-refractivity contribution in [3.05, 3.63) is 57.6 Å². The molecule has 0 aliphatic carbocycles. The van der Waals surface area contributed by atoms with Gasteiger partial charge in [-0.3, -0.25) is 0 Å². The van der Waals surface area contributed by atoms with Gasteiger partial charge in [0.1, 0.15) is 10.6 Å². The highest BCUT2D eigenvalue weighted by molar-refractivity contribution is 8.15. The highest BCUT2D eigenvalue weighted by Crippen LogP contribution is 2.36. The highest BCUT2D eigenvalue weighted by atomic mass is 32.2. The van der Waals surface area contributed by atoms with E-state index in [1.807, 2.05) is 11.8 Å². The van der Waals surface area contributed by atoms with Crippen LogP contribution in [0.1, 0.15) is 47.2 Å². The van der Waals surface area contributed by atoms with Crippen LogP contribution in [0.15, 0.2) is 34.3 Å². The average molecular weight is 483 g/mol. The van der Waals surface area contributed by atoms with E-state index in [-0.39, 0.29) is 5.54 Å². The number of benzene rings is 2. The Kier molecular flexibility index (Phi) is 7.90. The molecule has 0 unspecified atom stereocenters. The van der Waals surface area contributed by atoms with Crippen molar-refractivity contribution in [2.75, 3.05) is 38.0 Å². The van der Waals surface area contributed by atoms with Crippen LogP contribution in [0, 0.1) is 27.7 Å². The van der Waals surface area contributed by atoms with Crippen molar-refractivity contribution in [3.63, 3.8) is 0 Å². The zero-order valence-corrected chi connectivity index (χ0v) is 23.5. The molecule has 0 radical (unpaired) electrons. The predicted octanol–water partition coefficient (Wildman–Crippen LogP) is 6.77. The molecule has 0 saturated heterocycles. The molecule has 6 heteroatoms. The monoisotopic (exact) mass is 482 g/mol. The number of rotatable bonds is 6. The first kappa shape index (κ1) is 25.7. The second-order valence-electron chi connectivity index (χ2n) is 9.92. The molecule has 1 aliphatic rings. The van der Waals surface area contributed by atoms with E-state index in [0.717, 1.165) is 21.7 Å².